The molecule has 100 valence electrons. The molecular weight excluding hydrogens is 228 g/mol. The quantitative estimate of drug-likeness (QED) is 0.783. The van der Waals surface area contributed by atoms with Crippen LogP contribution in [0.4, 0.5) is 0 Å². The van der Waals surface area contributed by atoms with Crippen LogP contribution in [-0.4, -0.2) is 16.9 Å². The second-order valence-corrected chi connectivity index (χ2v) is 6.45. The first-order valence-electron chi connectivity index (χ1n) is 6.75. The molecule has 0 amide bonds. The lowest BCUT2D eigenvalue weighted by Crippen LogP contribution is -2.32. The molecule has 0 aliphatic heterocycles. The van der Waals surface area contributed by atoms with Crippen molar-refractivity contribution in [2.45, 2.75) is 47.0 Å². The van der Waals surface area contributed by atoms with E-state index in [1.54, 1.807) is 6.08 Å². The van der Waals surface area contributed by atoms with Gasteiger partial charge in [-0.15, -0.1) is 0 Å². The fourth-order valence-corrected chi connectivity index (χ4v) is 3.70. The lowest BCUT2D eigenvalue weighted by molar-refractivity contribution is -0.140. The topological polar surface area (TPSA) is 54.4 Å². The number of carbonyl (C=O) groups is 2. The predicted octanol–water partition coefficient (Wildman–Crippen LogP) is 3.05. The molecule has 0 aromatic rings. The summed E-state index contributed by atoms with van der Waals surface area (Å²) in [5.41, 5.74) is 0.454. The molecule has 0 aromatic heterocycles. The molecule has 2 saturated carbocycles. The second-order valence-electron chi connectivity index (χ2n) is 6.45. The van der Waals surface area contributed by atoms with E-state index in [0.717, 1.165) is 18.4 Å². The van der Waals surface area contributed by atoms with Gasteiger partial charge in [-0.3, -0.25) is 9.59 Å². The van der Waals surface area contributed by atoms with E-state index in [1.807, 2.05) is 13.8 Å². The molecule has 3 atom stereocenters. The second kappa shape index (κ2) is 3.94. The highest BCUT2D eigenvalue weighted by Gasteiger charge is 2.63. The molecule has 0 saturated heterocycles. The van der Waals surface area contributed by atoms with Crippen molar-refractivity contribution in [1.82, 2.24) is 0 Å². The largest absolute Gasteiger partial charge is 0.481 e. The highest BCUT2D eigenvalue weighted by atomic mass is 16.4. The first-order chi connectivity index (χ1) is 8.25. The van der Waals surface area contributed by atoms with E-state index in [2.05, 4.69) is 13.8 Å². The maximum absolute atomic E-state index is 12.5. The summed E-state index contributed by atoms with van der Waals surface area (Å²) in [4.78, 5) is 23.6. The number of carboxylic acid groups (broad SMARTS) is 1. The molecule has 2 fully saturated rings. The van der Waals surface area contributed by atoms with Crippen molar-refractivity contribution in [3.63, 3.8) is 0 Å². The number of fused-ring (bicyclic) bond motifs is 2. The van der Waals surface area contributed by atoms with Crippen molar-refractivity contribution in [1.29, 1.82) is 0 Å². The summed E-state index contributed by atoms with van der Waals surface area (Å²) in [5.74, 6) is -0.932. The van der Waals surface area contributed by atoms with E-state index in [9.17, 15) is 9.59 Å². The van der Waals surface area contributed by atoms with Crippen LogP contribution in [-0.2, 0) is 9.59 Å². The standard InChI is InChI=1S/C15H22O3/c1-5-9(13(17)18)8-10-11-6-7-15(4,12(10)16)14(11,2)3/h8-9,11H,5-7H2,1-4H3,(H,17,18)/b10-8+/t9-,11-,15-/m0/s1. The number of carbonyl (C=O) groups excluding carboxylic acids is 1. The Hall–Kier alpha value is -1.12. The monoisotopic (exact) mass is 250 g/mol. The summed E-state index contributed by atoms with van der Waals surface area (Å²) in [5, 5.41) is 9.13. The van der Waals surface area contributed by atoms with Crippen LogP contribution in [0.3, 0.4) is 0 Å². The van der Waals surface area contributed by atoms with Gasteiger partial charge in [-0.05, 0) is 36.2 Å². The first-order valence-corrected chi connectivity index (χ1v) is 6.75. The molecule has 3 heteroatoms. The van der Waals surface area contributed by atoms with Gasteiger partial charge in [0.05, 0.1) is 5.92 Å². The minimum absolute atomic E-state index is 0.0350. The van der Waals surface area contributed by atoms with Crippen LogP contribution in [0.2, 0.25) is 0 Å². The molecule has 1 N–H and O–H groups in total. The Morgan fingerprint density at radius 1 is 1.50 bits per heavy atom. The molecule has 2 aliphatic rings. The molecule has 0 aromatic carbocycles. The van der Waals surface area contributed by atoms with Gasteiger partial charge in [0.25, 0.3) is 0 Å². The molecule has 0 radical (unpaired) electrons. The highest BCUT2D eigenvalue weighted by molar-refractivity contribution is 6.05. The normalized spacial score (nSPS) is 37.2. The number of Topliss-reactive ketones (excluding diaryl/α,β-unsaturated/α-hetero) is 1. The average Bonchev–Trinajstić information content (AvgIpc) is 2.59. The van der Waals surface area contributed by atoms with Crippen LogP contribution < -0.4 is 0 Å². The lowest BCUT2D eigenvalue weighted by Gasteiger charge is -2.31. The zero-order valence-electron chi connectivity index (χ0n) is 11.6. The first kappa shape index (κ1) is 13.3. The van der Waals surface area contributed by atoms with E-state index in [0.29, 0.717) is 6.42 Å². The van der Waals surface area contributed by atoms with E-state index >= 15 is 0 Å². The van der Waals surface area contributed by atoms with Gasteiger partial charge in [-0.25, -0.2) is 0 Å². The van der Waals surface area contributed by atoms with Crippen molar-refractivity contribution in [2.24, 2.45) is 22.7 Å². The van der Waals surface area contributed by atoms with Gasteiger partial charge in [0.2, 0.25) is 0 Å². The van der Waals surface area contributed by atoms with Gasteiger partial charge >= 0.3 is 5.97 Å². The fourth-order valence-electron chi connectivity index (χ4n) is 3.70. The number of rotatable bonds is 3. The lowest BCUT2D eigenvalue weighted by atomic mass is 9.70. The predicted molar refractivity (Wildman–Crippen MR) is 69.1 cm³/mol. The Bertz CT molecular complexity index is 433. The number of aliphatic carboxylic acids is 1. The number of allylic oxidation sites excluding steroid dienone is 1. The van der Waals surface area contributed by atoms with E-state index in [4.69, 9.17) is 5.11 Å². The van der Waals surface area contributed by atoms with Crippen molar-refractivity contribution in [2.75, 3.05) is 0 Å². The van der Waals surface area contributed by atoms with Crippen LogP contribution in [0.15, 0.2) is 11.6 Å². The van der Waals surface area contributed by atoms with Crippen LogP contribution in [0.25, 0.3) is 0 Å². The third-order valence-corrected chi connectivity index (χ3v) is 5.50. The summed E-state index contributed by atoms with van der Waals surface area (Å²) in [6.07, 6.45) is 4.21. The van der Waals surface area contributed by atoms with Crippen LogP contribution in [0.5, 0.6) is 0 Å². The minimum atomic E-state index is -0.830. The van der Waals surface area contributed by atoms with Gasteiger partial charge in [0, 0.05) is 5.41 Å². The highest BCUT2D eigenvalue weighted by Crippen LogP contribution is 2.65. The molecule has 18 heavy (non-hydrogen) atoms. The SMILES string of the molecule is CC[C@@H](/C=C1/C(=O)[C@]2(C)CC[C@@H]1C2(C)C)C(=O)O. The van der Waals surface area contributed by atoms with Crippen molar-refractivity contribution >= 4 is 11.8 Å². The zero-order chi connectivity index (χ0) is 13.7. The molecule has 2 rings (SSSR count). The average molecular weight is 250 g/mol. The zero-order valence-corrected chi connectivity index (χ0v) is 11.6. The van der Waals surface area contributed by atoms with Crippen molar-refractivity contribution in [3.05, 3.63) is 11.6 Å². The van der Waals surface area contributed by atoms with Crippen LogP contribution >= 0.6 is 0 Å². The van der Waals surface area contributed by atoms with E-state index in [1.165, 1.54) is 0 Å². The Kier molecular flexibility index (Phi) is 2.91. The molecule has 0 unspecified atom stereocenters. The van der Waals surface area contributed by atoms with Gasteiger partial charge < -0.3 is 5.11 Å². The molecular formula is C15H22O3. The molecule has 0 heterocycles. The number of carboxylic acids is 1. The number of hydrogen-bond donors (Lipinski definition) is 1. The van der Waals surface area contributed by atoms with Crippen molar-refractivity contribution in [3.8, 4) is 0 Å². The fraction of sp³-hybridized carbons (Fsp3) is 0.733. The molecule has 3 nitrogen and oxygen atoms in total. The Morgan fingerprint density at radius 2 is 2.11 bits per heavy atom. The Balaban J connectivity index is 2.41. The van der Waals surface area contributed by atoms with E-state index < -0.39 is 11.9 Å². The summed E-state index contributed by atoms with van der Waals surface area (Å²) in [6.45, 7) is 8.18. The molecule has 2 bridgehead atoms. The van der Waals surface area contributed by atoms with Gasteiger partial charge in [0.1, 0.15) is 0 Å². The maximum atomic E-state index is 12.5. The van der Waals surface area contributed by atoms with Crippen LogP contribution in [0.1, 0.15) is 47.0 Å². The third-order valence-electron chi connectivity index (χ3n) is 5.50. The third kappa shape index (κ3) is 1.49. The smallest absolute Gasteiger partial charge is 0.310 e. The van der Waals surface area contributed by atoms with Gasteiger partial charge in [-0.2, -0.15) is 0 Å². The van der Waals surface area contributed by atoms with Gasteiger partial charge in [0.15, 0.2) is 5.78 Å². The van der Waals surface area contributed by atoms with Gasteiger partial charge in [-0.1, -0.05) is 33.8 Å². The molecule has 0 spiro atoms. The summed E-state index contributed by atoms with van der Waals surface area (Å²) >= 11 is 0. The maximum Gasteiger partial charge on any atom is 0.310 e. The van der Waals surface area contributed by atoms with E-state index in [-0.39, 0.29) is 22.5 Å². The summed E-state index contributed by atoms with van der Waals surface area (Å²) in [7, 11) is 0. The minimum Gasteiger partial charge on any atom is -0.481 e. The summed E-state index contributed by atoms with van der Waals surface area (Å²) in [6, 6.07) is 0. The van der Waals surface area contributed by atoms with Crippen molar-refractivity contribution < 1.29 is 14.7 Å². The Morgan fingerprint density at radius 3 is 2.50 bits per heavy atom. The Labute approximate surface area is 108 Å². The molecule has 2 aliphatic carbocycles. The number of hydrogen-bond acceptors (Lipinski definition) is 2. The number of ketones is 1. The van der Waals surface area contributed by atoms with Crippen LogP contribution in [0, 0.1) is 22.7 Å². The summed E-state index contributed by atoms with van der Waals surface area (Å²) < 4.78 is 0.